The van der Waals surface area contributed by atoms with Gasteiger partial charge in [0.15, 0.2) is 0 Å². The summed E-state index contributed by atoms with van der Waals surface area (Å²) in [4.78, 5) is 0. The van der Waals surface area contributed by atoms with Crippen LogP contribution in [0.15, 0.2) is 0 Å². The molecule has 0 saturated carbocycles. The van der Waals surface area contributed by atoms with Crippen LogP contribution in [0.5, 0.6) is 0 Å². The molecule has 0 amide bonds. The summed E-state index contributed by atoms with van der Waals surface area (Å²) in [5.74, 6) is 0. The van der Waals surface area contributed by atoms with E-state index in [-0.39, 0.29) is 0 Å². The first kappa shape index (κ1) is 10.5. The average molecular weight is 180 g/mol. The van der Waals surface area contributed by atoms with E-state index in [0.717, 1.165) is 0 Å². The van der Waals surface area contributed by atoms with Gasteiger partial charge in [-0.15, -0.1) is 11.6 Å². The number of rotatable bonds is 3. The van der Waals surface area contributed by atoms with Crippen molar-refractivity contribution >= 4 is 19.8 Å². The van der Waals surface area contributed by atoms with Crippen molar-refractivity contribution in [2.24, 2.45) is 5.40 Å². The van der Waals surface area contributed by atoms with Crippen LogP contribution in [0.25, 0.3) is 0 Å². The SMILES string of the molecule is CC(C)[Si](N)(CCl)C(C)C. The Morgan fingerprint density at radius 1 is 1.20 bits per heavy atom. The molecular weight excluding hydrogens is 162 g/mol. The first-order valence-electron chi connectivity index (χ1n) is 3.80. The summed E-state index contributed by atoms with van der Waals surface area (Å²) in [6, 6.07) is 0. The van der Waals surface area contributed by atoms with E-state index in [4.69, 9.17) is 17.0 Å². The fourth-order valence-electron chi connectivity index (χ4n) is 0.975. The van der Waals surface area contributed by atoms with Gasteiger partial charge in [-0.1, -0.05) is 27.7 Å². The average Bonchev–Trinajstić information content (AvgIpc) is 1.85. The minimum atomic E-state index is -1.61. The van der Waals surface area contributed by atoms with Crippen molar-refractivity contribution in [3.05, 3.63) is 0 Å². The van der Waals surface area contributed by atoms with Gasteiger partial charge in [0.25, 0.3) is 0 Å². The third-order valence-electron chi connectivity index (χ3n) is 2.38. The predicted octanol–water partition coefficient (Wildman–Crippen LogP) is 2.49. The molecule has 0 unspecified atom stereocenters. The van der Waals surface area contributed by atoms with E-state index in [0.29, 0.717) is 16.6 Å². The number of hydrogen-bond donors (Lipinski definition) is 1. The summed E-state index contributed by atoms with van der Waals surface area (Å²) in [5, 5.41) is 6.19. The van der Waals surface area contributed by atoms with Crippen molar-refractivity contribution in [1.29, 1.82) is 0 Å². The lowest BCUT2D eigenvalue weighted by molar-refractivity contribution is 0.890. The van der Waals surface area contributed by atoms with Crippen LogP contribution < -0.4 is 5.40 Å². The van der Waals surface area contributed by atoms with Crippen LogP contribution in [0, 0.1) is 0 Å². The summed E-state index contributed by atoms with van der Waals surface area (Å²) >= 11 is 5.84. The van der Waals surface area contributed by atoms with Gasteiger partial charge in [0.1, 0.15) is 8.24 Å². The number of alkyl halides is 1. The van der Waals surface area contributed by atoms with Crippen molar-refractivity contribution in [1.82, 2.24) is 0 Å². The highest BCUT2D eigenvalue weighted by molar-refractivity contribution is 6.84. The molecule has 0 spiro atoms. The lowest BCUT2D eigenvalue weighted by Gasteiger charge is -2.32. The monoisotopic (exact) mass is 179 g/mol. The van der Waals surface area contributed by atoms with E-state index in [9.17, 15) is 0 Å². The lowest BCUT2D eigenvalue weighted by Crippen LogP contribution is -2.53. The third kappa shape index (κ3) is 1.97. The largest absolute Gasteiger partial charge is 0.349 e. The molecular formula is C7H18ClNSi. The number of halogens is 1. The highest BCUT2D eigenvalue weighted by atomic mass is 35.5. The van der Waals surface area contributed by atoms with Gasteiger partial charge in [-0.2, -0.15) is 0 Å². The second-order valence-electron chi connectivity index (χ2n) is 3.56. The Morgan fingerprint density at radius 2 is 1.50 bits per heavy atom. The van der Waals surface area contributed by atoms with E-state index in [2.05, 4.69) is 27.7 Å². The number of nitrogens with two attached hydrogens (primary N) is 1. The second kappa shape index (κ2) is 3.74. The summed E-state index contributed by atoms with van der Waals surface area (Å²) < 4.78 is 0. The first-order valence-corrected chi connectivity index (χ1v) is 6.77. The molecule has 2 N–H and O–H groups in total. The lowest BCUT2D eigenvalue weighted by atomic mass is 10.5. The first-order chi connectivity index (χ1) is 4.45. The zero-order chi connectivity index (χ0) is 8.36. The number of hydrogen-bond acceptors (Lipinski definition) is 1. The molecule has 62 valence electrons. The van der Waals surface area contributed by atoms with E-state index < -0.39 is 8.24 Å². The molecule has 0 aromatic carbocycles. The minimum Gasteiger partial charge on any atom is -0.349 e. The smallest absolute Gasteiger partial charge is 0.143 e. The Balaban J connectivity index is 4.23. The summed E-state index contributed by atoms with van der Waals surface area (Å²) in [5.41, 5.74) is 1.86. The molecule has 10 heavy (non-hydrogen) atoms. The van der Waals surface area contributed by atoms with Gasteiger partial charge in [0, 0.05) is 5.50 Å². The molecule has 0 bridgehead atoms. The summed E-state index contributed by atoms with van der Waals surface area (Å²) in [6.07, 6.45) is 0. The normalized spacial score (nSPS) is 13.2. The fraction of sp³-hybridized carbons (Fsp3) is 1.00. The van der Waals surface area contributed by atoms with Gasteiger partial charge in [0.2, 0.25) is 0 Å². The van der Waals surface area contributed by atoms with E-state index >= 15 is 0 Å². The molecule has 0 aliphatic carbocycles. The molecule has 3 heteroatoms. The zero-order valence-corrected chi connectivity index (χ0v) is 9.07. The highest BCUT2D eigenvalue weighted by Gasteiger charge is 2.34. The van der Waals surface area contributed by atoms with E-state index in [1.165, 1.54) is 0 Å². The summed E-state index contributed by atoms with van der Waals surface area (Å²) in [7, 11) is -1.61. The zero-order valence-electron chi connectivity index (χ0n) is 7.32. The summed E-state index contributed by atoms with van der Waals surface area (Å²) in [6.45, 7) is 8.70. The minimum absolute atomic E-state index is 0.588. The Hall–Kier alpha value is 0.467. The van der Waals surface area contributed by atoms with Gasteiger partial charge >= 0.3 is 0 Å². The third-order valence-corrected chi connectivity index (χ3v) is 8.53. The Morgan fingerprint density at radius 3 is 1.50 bits per heavy atom. The van der Waals surface area contributed by atoms with Crippen molar-refractivity contribution in [3.8, 4) is 0 Å². The maximum absolute atomic E-state index is 6.19. The molecule has 1 nitrogen and oxygen atoms in total. The molecule has 0 aliphatic heterocycles. The van der Waals surface area contributed by atoms with Crippen LogP contribution in [-0.2, 0) is 0 Å². The Kier molecular flexibility index (Phi) is 3.92. The molecule has 0 saturated heterocycles. The van der Waals surface area contributed by atoms with Crippen LogP contribution >= 0.6 is 11.6 Å². The Labute approximate surface area is 70.0 Å². The van der Waals surface area contributed by atoms with Crippen LogP contribution in [0.3, 0.4) is 0 Å². The molecule has 0 aliphatic rings. The predicted molar refractivity (Wildman–Crippen MR) is 50.9 cm³/mol. The molecule has 0 radical (unpaired) electrons. The van der Waals surface area contributed by atoms with Gasteiger partial charge in [-0.25, -0.2) is 0 Å². The van der Waals surface area contributed by atoms with Crippen molar-refractivity contribution < 1.29 is 0 Å². The second-order valence-corrected chi connectivity index (χ2v) is 9.16. The van der Waals surface area contributed by atoms with Gasteiger partial charge < -0.3 is 5.40 Å². The van der Waals surface area contributed by atoms with Gasteiger partial charge in [-0.3, -0.25) is 0 Å². The molecule has 0 aromatic heterocycles. The molecule has 0 fully saturated rings. The van der Waals surface area contributed by atoms with Crippen molar-refractivity contribution in [2.75, 3.05) is 5.50 Å². The van der Waals surface area contributed by atoms with Crippen LogP contribution in [0.1, 0.15) is 27.7 Å². The van der Waals surface area contributed by atoms with Crippen molar-refractivity contribution in [2.45, 2.75) is 38.8 Å². The van der Waals surface area contributed by atoms with Crippen LogP contribution in [-0.4, -0.2) is 13.7 Å². The van der Waals surface area contributed by atoms with Gasteiger partial charge in [-0.05, 0) is 11.1 Å². The van der Waals surface area contributed by atoms with Crippen LogP contribution in [0.4, 0.5) is 0 Å². The molecule has 0 atom stereocenters. The van der Waals surface area contributed by atoms with Gasteiger partial charge in [0.05, 0.1) is 0 Å². The molecule has 0 aromatic rings. The van der Waals surface area contributed by atoms with E-state index in [1.54, 1.807) is 0 Å². The molecule has 0 heterocycles. The molecule has 0 rings (SSSR count). The highest BCUT2D eigenvalue weighted by Crippen LogP contribution is 2.27. The Bertz CT molecular complexity index is 95.8. The van der Waals surface area contributed by atoms with E-state index in [1.807, 2.05) is 0 Å². The standard InChI is InChI=1S/C7H18ClNSi/c1-6(2)10(9,5-8)7(3)4/h6-7H,5,9H2,1-4H3. The quantitative estimate of drug-likeness (QED) is 0.523. The van der Waals surface area contributed by atoms with Crippen LogP contribution in [0.2, 0.25) is 11.1 Å². The fourth-order valence-corrected chi connectivity index (χ4v) is 4.78. The maximum Gasteiger partial charge on any atom is 0.143 e. The van der Waals surface area contributed by atoms with Crippen molar-refractivity contribution in [3.63, 3.8) is 0 Å². The maximum atomic E-state index is 6.19. The topological polar surface area (TPSA) is 26.0 Å².